The van der Waals surface area contributed by atoms with Crippen LogP contribution >= 0.6 is 0 Å². The van der Waals surface area contributed by atoms with Crippen molar-refractivity contribution in [3.8, 4) is 67.3 Å². The van der Waals surface area contributed by atoms with Crippen LogP contribution in [0.25, 0.3) is 219 Å². The zero-order valence-corrected chi connectivity index (χ0v) is 61.0. The lowest BCUT2D eigenvalue weighted by Crippen LogP contribution is -1.96. The van der Waals surface area contributed by atoms with Crippen LogP contribution in [0.5, 0.6) is 0 Å². The summed E-state index contributed by atoms with van der Waals surface area (Å²) in [6.45, 7) is 0. The Balaban J connectivity index is 0.000000134. The van der Waals surface area contributed by atoms with E-state index < -0.39 is 0 Å². The van der Waals surface area contributed by atoms with Crippen molar-refractivity contribution in [3.63, 3.8) is 0 Å². The minimum absolute atomic E-state index is 1.16. The van der Waals surface area contributed by atoms with Crippen LogP contribution in [-0.4, -0.2) is 18.3 Å². The van der Waals surface area contributed by atoms with Gasteiger partial charge < -0.3 is 18.3 Å². The minimum Gasteiger partial charge on any atom is -0.309 e. The summed E-state index contributed by atoms with van der Waals surface area (Å²) in [7, 11) is 0. The molecule has 24 rings (SSSR count). The Hall–Kier alpha value is -14.8. The van der Waals surface area contributed by atoms with E-state index in [1.54, 1.807) is 0 Å². The maximum atomic E-state index is 2.46. The number of fused-ring (bicyclic) bond motifs is 20. The molecule has 0 unspecified atom stereocenters. The largest absolute Gasteiger partial charge is 0.309 e. The van der Waals surface area contributed by atoms with Gasteiger partial charge in [-0.2, -0.15) is 0 Å². The molecule has 0 saturated carbocycles. The molecule has 20 aromatic carbocycles. The second kappa shape index (κ2) is 25.4. The summed E-state index contributed by atoms with van der Waals surface area (Å²) in [6, 6.07) is 152. The Bertz CT molecular complexity index is 8000. The third-order valence-electron chi connectivity index (χ3n) is 23.7. The van der Waals surface area contributed by atoms with Crippen molar-refractivity contribution in [2.45, 2.75) is 0 Å². The van der Waals surface area contributed by atoms with Gasteiger partial charge in [0.15, 0.2) is 0 Å². The molecule has 0 bridgehead atoms. The molecule has 4 heterocycles. The van der Waals surface area contributed by atoms with Gasteiger partial charge >= 0.3 is 0 Å². The molecule has 0 radical (unpaired) electrons. The lowest BCUT2D eigenvalue weighted by atomic mass is 9.92. The van der Waals surface area contributed by atoms with E-state index in [2.05, 4.69) is 431 Å². The molecule has 0 saturated heterocycles. The van der Waals surface area contributed by atoms with E-state index in [4.69, 9.17) is 0 Å². The minimum atomic E-state index is 1.16. The van der Waals surface area contributed by atoms with Crippen molar-refractivity contribution >= 4 is 152 Å². The summed E-state index contributed by atoms with van der Waals surface area (Å²) in [5.74, 6) is 0. The topological polar surface area (TPSA) is 19.7 Å². The van der Waals surface area contributed by atoms with Crippen LogP contribution in [0.3, 0.4) is 0 Å². The first kappa shape index (κ1) is 63.3. The zero-order chi connectivity index (χ0) is 73.5. The summed E-state index contributed by atoms with van der Waals surface area (Å²) in [6.07, 6.45) is 0. The predicted octanol–water partition coefficient (Wildman–Crippen LogP) is 29.3. The number of benzene rings is 20. The normalized spacial score (nSPS) is 11.9. The van der Waals surface area contributed by atoms with Crippen molar-refractivity contribution in [1.29, 1.82) is 0 Å². The van der Waals surface area contributed by atoms with Crippen LogP contribution in [0, 0.1) is 0 Å². The number of hydrogen-bond donors (Lipinski definition) is 0. The molecule has 0 N–H and O–H groups in total. The molecule has 520 valence electrons. The van der Waals surface area contributed by atoms with Crippen molar-refractivity contribution in [3.05, 3.63) is 413 Å². The summed E-state index contributed by atoms with van der Waals surface area (Å²) < 4.78 is 9.65. The summed E-state index contributed by atoms with van der Waals surface area (Å²) >= 11 is 0. The maximum Gasteiger partial charge on any atom is 0.0541 e. The molecule has 0 aliphatic rings. The Morgan fingerprint density at radius 3 is 0.991 bits per heavy atom. The SMILES string of the molecule is c1ccc(-n2c3ccccc3c3cc(-c4ccc5c(c4)c4ccccc4n5-c4ccc(-c5ccc6c(ccc7ccccc76)c5)c5ccccc45)ccc32)cc1.c1ccc(-n2c3ccccc3c3cc(-c4ccc5c(c4)c4ccccc4n5-c4ccc5ccc(-c6cc7ccccc7c7ccccc67)cc5c4)ccc32)cc1. The molecule has 112 heavy (non-hydrogen) atoms. The molecule has 4 aromatic heterocycles. The molecule has 0 atom stereocenters. The number of hydrogen-bond acceptors (Lipinski definition) is 0. The Morgan fingerprint density at radius 1 is 0.125 bits per heavy atom. The van der Waals surface area contributed by atoms with E-state index in [1.165, 1.54) is 213 Å². The van der Waals surface area contributed by atoms with E-state index in [-0.39, 0.29) is 0 Å². The summed E-state index contributed by atoms with van der Waals surface area (Å²) in [4.78, 5) is 0. The monoisotopic (exact) mass is 1420 g/mol. The van der Waals surface area contributed by atoms with Gasteiger partial charge in [-0.1, -0.05) is 279 Å². The second-order valence-corrected chi connectivity index (χ2v) is 29.8. The molecule has 0 fully saturated rings. The van der Waals surface area contributed by atoms with Gasteiger partial charge in [-0.3, -0.25) is 0 Å². The smallest absolute Gasteiger partial charge is 0.0541 e. The highest BCUT2D eigenvalue weighted by molar-refractivity contribution is 6.18. The lowest BCUT2D eigenvalue weighted by molar-refractivity contribution is 1.18. The van der Waals surface area contributed by atoms with Gasteiger partial charge in [0.2, 0.25) is 0 Å². The second-order valence-electron chi connectivity index (χ2n) is 29.8. The fourth-order valence-corrected chi connectivity index (χ4v) is 18.6. The van der Waals surface area contributed by atoms with Gasteiger partial charge in [0.25, 0.3) is 0 Å². The highest BCUT2D eigenvalue weighted by Gasteiger charge is 2.22. The van der Waals surface area contributed by atoms with Crippen molar-refractivity contribution < 1.29 is 0 Å². The van der Waals surface area contributed by atoms with Gasteiger partial charge in [0, 0.05) is 65.5 Å². The Labute approximate surface area is 645 Å². The fourth-order valence-electron chi connectivity index (χ4n) is 18.6. The molecular weight excluding hydrogens is 1350 g/mol. The third kappa shape index (κ3) is 10.0. The first-order chi connectivity index (χ1) is 55.5. The van der Waals surface area contributed by atoms with E-state index >= 15 is 0 Å². The first-order valence-corrected chi connectivity index (χ1v) is 38.7. The molecule has 4 heteroatoms. The van der Waals surface area contributed by atoms with E-state index in [0.717, 1.165) is 5.69 Å². The van der Waals surface area contributed by atoms with Crippen molar-refractivity contribution in [1.82, 2.24) is 18.3 Å². The van der Waals surface area contributed by atoms with Crippen LogP contribution in [0.4, 0.5) is 0 Å². The molecule has 0 aliphatic heterocycles. The Morgan fingerprint density at radius 2 is 0.455 bits per heavy atom. The predicted molar refractivity (Wildman–Crippen MR) is 477 cm³/mol. The number of para-hydroxylation sites is 6. The summed E-state index contributed by atoms with van der Waals surface area (Å²) in [5.41, 5.74) is 24.2. The molecule has 4 nitrogen and oxygen atoms in total. The first-order valence-electron chi connectivity index (χ1n) is 38.7. The van der Waals surface area contributed by atoms with Gasteiger partial charge in [0.1, 0.15) is 0 Å². The fraction of sp³-hybridized carbons (Fsp3) is 0. The number of nitrogens with zero attached hydrogens (tertiary/aromatic N) is 4. The quantitative estimate of drug-likeness (QED) is 0.135. The highest BCUT2D eigenvalue weighted by Crippen LogP contribution is 2.45. The highest BCUT2D eigenvalue weighted by atomic mass is 15.0. The van der Waals surface area contributed by atoms with Gasteiger partial charge in [-0.05, 0) is 237 Å². The van der Waals surface area contributed by atoms with Gasteiger partial charge in [-0.25, -0.2) is 0 Å². The van der Waals surface area contributed by atoms with Crippen LogP contribution in [-0.2, 0) is 0 Å². The van der Waals surface area contributed by atoms with Crippen LogP contribution < -0.4 is 0 Å². The average molecular weight is 1420 g/mol. The number of aromatic nitrogens is 4. The van der Waals surface area contributed by atoms with Crippen molar-refractivity contribution in [2.24, 2.45) is 0 Å². The molecule has 24 aromatic rings. The molecule has 0 aliphatic carbocycles. The zero-order valence-electron chi connectivity index (χ0n) is 61.0. The lowest BCUT2D eigenvalue weighted by Gasteiger charge is -2.15. The van der Waals surface area contributed by atoms with E-state index in [0.29, 0.717) is 0 Å². The molecule has 0 amide bonds. The van der Waals surface area contributed by atoms with Crippen molar-refractivity contribution in [2.75, 3.05) is 0 Å². The van der Waals surface area contributed by atoms with E-state index in [1.807, 2.05) is 0 Å². The maximum absolute atomic E-state index is 2.46. The summed E-state index contributed by atoms with van der Waals surface area (Å²) in [5, 5.41) is 25.2. The van der Waals surface area contributed by atoms with E-state index in [9.17, 15) is 0 Å². The number of rotatable bonds is 8. The standard InChI is InChI=1S/2C54H34N2/c1-2-13-40(14-3-1)55-50-20-10-8-18-46(50)48-33-36(25-29-53(48)55)37-26-30-54-49(34-37)47-19-9-11-21-51(47)56(54)52-31-28-43(44-16-6-7-17-45(44)52)39-24-27-42-38(32-39)23-22-35-12-4-5-15-41(35)42;1-2-13-41(14-3-1)55-51-20-10-8-18-46(51)49-32-36(25-28-53(49)55)37-26-29-54-50(33-37)47-19-9-11-21-52(47)56(54)42-27-24-35-22-23-39(30-40(35)31-42)48-34-38-12-4-5-15-43(38)44-16-6-7-17-45(44)48/h2*1-34H. The average Bonchev–Trinajstić information content (AvgIpc) is 1.49. The van der Waals surface area contributed by atoms with Gasteiger partial charge in [-0.15, -0.1) is 0 Å². The molecular formula is C108H68N4. The van der Waals surface area contributed by atoms with Crippen LogP contribution in [0.15, 0.2) is 413 Å². The Kier molecular flexibility index (Phi) is 14.3. The third-order valence-corrected chi connectivity index (χ3v) is 23.7. The molecule has 0 spiro atoms. The van der Waals surface area contributed by atoms with Gasteiger partial charge in [0.05, 0.1) is 49.8 Å². The van der Waals surface area contributed by atoms with Crippen LogP contribution in [0.1, 0.15) is 0 Å². The van der Waals surface area contributed by atoms with Crippen LogP contribution in [0.2, 0.25) is 0 Å².